The van der Waals surface area contributed by atoms with Crippen LogP contribution in [0.25, 0.3) is 10.9 Å². The fourth-order valence-corrected chi connectivity index (χ4v) is 5.57. The minimum Gasteiger partial charge on any atom is -0.369 e. The van der Waals surface area contributed by atoms with Crippen molar-refractivity contribution in [1.82, 2.24) is 18.8 Å². The first-order valence-electron chi connectivity index (χ1n) is 10.1. The maximum atomic E-state index is 12.6. The van der Waals surface area contributed by atoms with Crippen LogP contribution in [0.2, 0.25) is 0 Å². The van der Waals surface area contributed by atoms with Crippen molar-refractivity contribution in [3.63, 3.8) is 0 Å². The SMILES string of the molecule is O=c1c2ccc(N3CCN(CCN4CCCS4(=O)=O)CC3)cc2ncn1CC(F)F. The average Bonchev–Trinajstić information content (AvgIpc) is 3.06. The van der Waals surface area contributed by atoms with Gasteiger partial charge in [0.25, 0.3) is 12.0 Å². The van der Waals surface area contributed by atoms with E-state index in [0.717, 1.165) is 43.0 Å². The Labute approximate surface area is 173 Å². The molecule has 0 N–H and O–H groups in total. The van der Waals surface area contributed by atoms with Gasteiger partial charge in [-0.2, -0.15) is 0 Å². The van der Waals surface area contributed by atoms with Crippen LogP contribution in [-0.4, -0.2) is 85.2 Å². The molecule has 1 aromatic heterocycles. The number of halogens is 2. The van der Waals surface area contributed by atoms with Gasteiger partial charge in [0, 0.05) is 51.5 Å². The molecule has 0 atom stereocenters. The van der Waals surface area contributed by atoms with Crippen molar-refractivity contribution in [2.75, 3.05) is 56.5 Å². The lowest BCUT2D eigenvalue weighted by Crippen LogP contribution is -2.48. The number of anilines is 1. The van der Waals surface area contributed by atoms with Crippen molar-refractivity contribution in [3.05, 3.63) is 34.9 Å². The summed E-state index contributed by atoms with van der Waals surface area (Å²) in [4.78, 5) is 21.0. The highest BCUT2D eigenvalue weighted by atomic mass is 32.2. The van der Waals surface area contributed by atoms with E-state index in [-0.39, 0.29) is 5.75 Å². The van der Waals surface area contributed by atoms with Crippen molar-refractivity contribution in [3.8, 4) is 0 Å². The highest BCUT2D eigenvalue weighted by Crippen LogP contribution is 2.21. The summed E-state index contributed by atoms with van der Waals surface area (Å²) in [5.41, 5.74) is 0.959. The zero-order chi connectivity index (χ0) is 21.3. The average molecular weight is 442 g/mol. The van der Waals surface area contributed by atoms with Gasteiger partial charge in [-0.1, -0.05) is 0 Å². The number of hydrogen-bond donors (Lipinski definition) is 0. The first kappa shape index (κ1) is 21.1. The first-order chi connectivity index (χ1) is 14.3. The number of sulfonamides is 1. The Morgan fingerprint density at radius 2 is 1.83 bits per heavy atom. The van der Waals surface area contributed by atoms with E-state index >= 15 is 0 Å². The van der Waals surface area contributed by atoms with E-state index in [1.54, 1.807) is 10.4 Å². The minimum absolute atomic E-state index is 0.254. The quantitative estimate of drug-likeness (QED) is 0.661. The Hall–Kier alpha value is -2.11. The Kier molecular flexibility index (Phi) is 6.03. The second kappa shape index (κ2) is 8.56. The minimum atomic E-state index is -3.06. The van der Waals surface area contributed by atoms with Gasteiger partial charge in [0.15, 0.2) is 0 Å². The highest BCUT2D eigenvalue weighted by Gasteiger charge is 2.28. The maximum Gasteiger partial charge on any atom is 0.261 e. The van der Waals surface area contributed by atoms with Crippen LogP contribution >= 0.6 is 0 Å². The first-order valence-corrected chi connectivity index (χ1v) is 11.7. The molecule has 0 amide bonds. The van der Waals surface area contributed by atoms with Crippen LogP contribution in [-0.2, 0) is 16.6 Å². The molecule has 8 nitrogen and oxygen atoms in total. The molecular weight excluding hydrogens is 416 g/mol. The predicted molar refractivity (Wildman–Crippen MR) is 111 cm³/mol. The topological polar surface area (TPSA) is 78.8 Å². The molecule has 1 aromatic carbocycles. The Morgan fingerprint density at radius 3 is 2.50 bits per heavy atom. The Bertz CT molecular complexity index is 1070. The molecule has 0 saturated carbocycles. The Balaban J connectivity index is 1.38. The van der Waals surface area contributed by atoms with E-state index in [9.17, 15) is 22.0 Å². The molecule has 2 aliphatic rings. The van der Waals surface area contributed by atoms with Crippen LogP contribution < -0.4 is 10.5 Å². The molecule has 0 aliphatic carbocycles. The number of piperazine rings is 1. The van der Waals surface area contributed by atoms with Gasteiger partial charge < -0.3 is 4.90 Å². The van der Waals surface area contributed by atoms with Crippen LogP contribution in [0.3, 0.4) is 0 Å². The molecule has 0 radical (unpaired) electrons. The van der Waals surface area contributed by atoms with Crippen molar-refractivity contribution in [2.45, 2.75) is 19.4 Å². The molecule has 4 rings (SSSR count). The molecule has 0 spiro atoms. The molecule has 164 valence electrons. The Morgan fingerprint density at radius 1 is 1.07 bits per heavy atom. The lowest BCUT2D eigenvalue weighted by Gasteiger charge is -2.36. The number of fused-ring (bicyclic) bond motifs is 1. The fourth-order valence-electron chi connectivity index (χ4n) is 4.05. The zero-order valence-corrected chi connectivity index (χ0v) is 17.4. The second-order valence-corrected chi connectivity index (χ2v) is 9.78. The molecule has 2 saturated heterocycles. The number of rotatable bonds is 6. The monoisotopic (exact) mass is 441 g/mol. The van der Waals surface area contributed by atoms with Gasteiger partial charge in [0.2, 0.25) is 10.0 Å². The van der Waals surface area contributed by atoms with Crippen LogP contribution in [0.15, 0.2) is 29.3 Å². The van der Waals surface area contributed by atoms with E-state index in [1.165, 1.54) is 6.33 Å². The summed E-state index contributed by atoms with van der Waals surface area (Å²) in [5.74, 6) is 0.254. The third-order valence-corrected chi connectivity index (χ3v) is 7.71. The third-order valence-electron chi connectivity index (χ3n) is 5.75. The number of nitrogens with zero attached hydrogens (tertiary/aromatic N) is 5. The second-order valence-electron chi connectivity index (χ2n) is 7.69. The summed E-state index contributed by atoms with van der Waals surface area (Å²) in [6.45, 7) is 4.39. The molecule has 2 aliphatic heterocycles. The van der Waals surface area contributed by atoms with E-state index in [2.05, 4.69) is 14.8 Å². The van der Waals surface area contributed by atoms with Gasteiger partial charge in [-0.25, -0.2) is 26.5 Å². The van der Waals surface area contributed by atoms with Crippen LogP contribution in [0, 0.1) is 0 Å². The molecule has 0 bridgehead atoms. The van der Waals surface area contributed by atoms with Crippen molar-refractivity contribution < 1.29 is 17.2 Å². The van der Waals surface area contributed by atoms with Gasteiger partial charge in [0.05, 0.1) is 29.5 Å². The van der Waals surface area contributed by atoms with Crippen molar-refractivity contribution >= 4 is 26.6 Å². The van der Waals surface area contributed by atoms with Crippen LogP contribution in [0.4, 0.5) is 14.5 Å². The number of alkyl halides is 2. The predicted octanol–water partition coefficient (Wildman–Crippen LogP) is 0.819. The van der Waals surface area contributed by atoms with Crippen molar-refractivity contribution in [1.29, 1.82) is 0 Å². The third kappa shape index (κ3) is 4.47. The summed E-state index contributed by atoms with van der Waals surface area (Å²) >= 11 is 0. The molecule has 3 heterocycles. The van der Waals surface area contributed by atoms with Crippen LogP contribution in [0.1, 0.15) is 6.42 Å². The summed E-state index contributed by atoms with van der Waals surface area (Å²) in [7, 11) is -3.06. The number of hydrogen-bond acceptors (Lipinski definition) is 6. The molecule has 2 fully saturated rings. The summed E-state index contributed by atoms with van der Waals surface area (Å²) in [6, 6.07) is 5.28. The van der Waals surface area contributed by atoms with E-state index < -0.39 is 28.6 Å². The van der Waals surface area contributed by atoms with Gasteiger partial charge in [-0.05, 0) is 24.6 Å². The van der Waals surface area contributed by atoms with E-state index in [0.29, 0.717) is 30.4 Å². The number of aromatic nitrogens is 2. The van der Waals surface area contributed by atoms with Gasteiger partial charge in [-0.15, -0.1) is 0 Å². The lowest BCUT2D eigenvalue weighted by molar-refractivity contribution is 0.125. The van der Waals surface area contributed by atoms with Crippen molar-refractivity contribution in [2.24, 2.45) is 0 Å². The zero-order valence-electron chi connectivity index (χ0n) is 16.6. The van der Waals surface area contributed by atoms with Gasteiger partial charge in [-0.3, -0.25) is 14.3 Å². The molecular formula is C19H25F2N5O3S. The highest BCUT2D eigenvalue weighted by molar-refractivity contribution is 7.89. The summed E-state index contributed by atoms with van der Waals surface area (Å²) < 4.78 is 51.5. The fraction of sp³-hybridized carbons (Fsp3) is 0.579. The summed E-state index contributed by atoms with van der Waals surface area (Å²) in [6.07, 6.45) is -0.729. The summed E-state index contributed by atoms with van der Waals surface area (Å²) in [5, 5.41) is 0.326. The van der Waals surface area contributed by atoms with Gasteiger partial charge >= 0.3 is 0 Å². The maximum absolute atomic E-state index is 12.6. The smallest absolute Gasteiger partial charge is 0.261 e. The normalized spacial score (nSPS) is 20.4. The number of benzene rings is 1. The van der Waals surface area contributed by atoms with E-state index in [1.807, 2.05) is 12.1 Å². The standard InChI is InChI=1S/C19H25F2N5O3S/c20-18(21)13-25-14-22-17-12-15(2-3-16(17)19(25)27)24-8-5-23(6-9-24)7-10-26-4-1-11-30(26,28)29/h2-3,12,14,18H,1,4-11,13H2. The lowest BCUT2D eigenvalue weighted by atomic mass is 10.2. The van der Waals surface area contributed by atoms with E-state index in [4.69, 9.17) is 0 Å². The molecule has 11 heteroatoms. The molecule has 2 aromatic rings. The molecule has 30 heavy (non-hydrogen) atoms. The molecule has 0 unspecified atom stereocenters. The van der Waals surface area contributed by atoms with Gasteiger partial charge in [0.1, 0.15) is 0 Å². The van der Waals surface area contributed by atoms with Crippen LogP contribution in [0.5, 0.6) is 0 Å². The largest absolute Gasteiger partial charge is 0.369 e.